The van der Waals surface area contributed by atoms with Crippen LogP contribution in [-0.2, 0) is 24.3 Å². The van der Waals surface area contributed by atoms with Crippen LogP contribution in [0.1, 0.15) is 26.3 Å². The van der Waals surface area contributed by atoms with E-state index in [-0.39, 0.29) is 16.6 Å². The van der Waals surface area contributed by atoms with E-state index < -0.39 is 34.0 Å². The van der Waals surface area contributed by atoms with Gasteiger partial charge in [-0.15, -0.1) is 0 Å². The lowest BCUT2D eigenvalue weighted by atomic mass is 10.0. The third-order valence-corrected chi connectivity index (χ3v) is 6.51. The van der Waals surface area contributed by atoms with Gasteiger partial charge >= 0.3 is 5.97 Å². The first kappa shape index (κ1) is 24.2. The molecule has 1 amide bonds. The normalized spacial score (nSPS) is 17.1. The average Bonchev–Trinajstić information content (AvgIpc) is 3.02. The molecule has 1 heterocycles. The molecule has 10 heteroatoms. The van der Waals surface area contributed by atoms with E-state index in [1.807, 2.05) is 31.1 Å². The zero-order valence-corrected chi connectivity index (χ0v) is 20.0. The molecule has 0 saturated heterocycles. The van der Waals surface area contributed by atoms with Gasteiger partial charge in [0.15, 0.2) is 12.1 Å². The third kappa shape index (κ3) is 5.51. The highest BCUT2D eigenvalue weighted by Gasteiger charge is 2.34. The van der Waals surface area contributed by atoms with Gasteiger partial charge in [0, 0.05) is 31.0 Å². The number of esters is 1. The smallest absolute Gasteiger partial charge is 0.331 e. The Morgan fingerprint density at radius 2 is 1.67 bits per heavy atom. The summed E-state index contributed by atoms with van der Waals surface area (Å²) >= 11 is 0. The van der Waals surface area contributed by atoms with Gasteiger partial charge in [-0.1, -0.05) is 26.0 Å². The number of hydrogen-bond acceptors (Lipinski definition) is 7. The van der Waals surface area contributed by atoms with Crippen molar-refractivity contribution in [2.24, 2.45) is 10.9 Å². The lowest BCUT2D eigenvalue weighted by molar-refractivity contribution is -0.155. The van der Waals surface area contributed by atoms with Crippen LogP contribution in [0.15, 0.2) is 58.4 Å². The second-order valence-corrected chi connectivity index (χ2v) is 9.93. The summed E-state index contributed by atoms with van der Waals surface area (Å²) in [6, 6.07) is 12.6. The number of nitrogens with one attached hydrogen (secondary N) is 2. The topological polar surface area (TPSA) is 117 Å². The molecule has 1 aliphatic heterocycles. The molecule has 2 N–H and O–H groups in total. The third-order valence-electron chi connectivity index (χ3n) is 5.12. The van der Waals surface area contributed by atoms with E-state index in [0.29, 0.717) is 11.3 Å². The zero-order chi connectivity index (χ0) is 24.3. The van der Waals surface area contributed by atoms with Gasteiger partial charge in [0.05, 0.1) is 4.90 Å². The number of amides is 1. The van der Waals surface area contributed by atoms with Crippen LogP contribution in [0.4, 0.5) is 11.4 Å². The highest BCUT2D eigenvalue weighted by Crippen LogP contribution is 2.24. The average molecular weight is 473 g/mol. The van der Waals surface area contributed by atoms with Crippen LogP contribution in [0.5, 0.6) is 0 Å². The maximum atomic E-state index is 12.8. The van der Waals surface area contributed by atoms with Crippen molar-refractivity contribution in [1.82, 2.24) is 4.72 Å². The Morgan fingerprint density at radius 3 is 2.27 bits per heavy atom. The number of aliphatic imine (C=N–C) groups is 1. The molecule has 0 bridgehead atoms. The number of ether oxygens (including phenoxy) is 1. The fourth-order valence-electron chi connectivity index (χ4n) is 3.23. The van der Waals surface area contributed by atoms with Gasteiger partial charge in [-0.05, 0) is 49.2 Å². The number of benzene rings is 2. The maximum absolute atomic E-state index is 12.8. The Labute approximate surface area is 193 Å². The number of hydrogen-bond donors (Lipinski definition) is 2. The van der Waals surface area contributed by atoms with Crippen molar-refractivity contribution >= 4 is 39.1 Å². The molecule has 2 atom stereocenters. The summed E-state index contributed by atoms with van der Waals surface area (Å²) in [6.45, 7) is 5.00. The first-order valence-corrected chi connectivity index (χ1v) is 12.0. The fourth-order valence-corrected chi connectivity index (χ4v) is 4.47. The molecule has 176 valence electrons. The molecule has 0 unspecified atom stereocenters. The number of anilines is 2. The van der Waals surface area contributed by atoms with Crippen LogP contribution >= 0.6 is 0 Å². The molecule has 9 nitrogen and oxygen atoms in total. The first-order valence-electron chi connectivity index (χ1n) is 10.5. The van der Waals surface area contributed by atoms with Crippen LogP contribution in [0.25, 0.3) is 0 Å². The predicted octanol–water partition coefficient (Wildman–Crippen LogP) is 2.39. The minimum atomic E-state index is -3.73. The molecule has 33 heavy (non-hydrogen) atoms. The second kappa shape index (κ2) is 9.62. The molecule has 0 aliphatic carbocycles. The summed E-state index contributed by atoms with van der Waals surface area (Å²) in [5.41, 5.74) is 1.95. The molecule has 0 aromatic heterocycles. The van der Waals surface area contributed by atoms with Crippen LogP contribution in [0.2, 0.25) is 0 Å². The number of carbonyl (C=O) groups is 2. The molecule has 0 saturated carbocycles. The number of carbonyl (C=O) groups excluding carboxylic acids is 2. The van der Waals surface area contributed by atoms with Gasteiger partial charge in [-0.25, -0.2) is 13.2 Å². The van der Waals surface area contributed by atoms with E-state index in [9.17, 15) is 18.0 Å². The van der Waals surface area contributed by atoms with Gasteiger partial charge in [0.25, 0.3) is 15.9 Å². The Bertz CT molecular complexity index is 1170. The minimum absolute atomic E-state index is 0.0827. The quantitative estimate of drug-likeness (QED) is 0.598. The Morgan fingerprint density at radius 1 is 1.03 bits per heavy atom. The number of sulfonamides is 1. The fraction of sp³-hybridized carbons (Fsp3) is 0.348. The lowest BCUT2D eigenvalue weighted by Gasteiger charge is -2.20. The van der Waals surface area contributed by atoms with Crippen molar-refractivity contribution < 1.29 is 22.7 Å². The van der Waals surface area contributed by atoms with Crippen LogP contribution in [-0.4, -0.2) is 52.4 Å². The van der Waals surface area contributed by atoms with E-state index >= 15 is 0 Å². The van der Waals surface area contributed by atoms with Crippen molar-refractivity contribution in [2.75, 3.05) is 24.3 Å². The second-order valence-electron chi connectivity index (χ2n) is 8.28. The monoisotopic (exact) mass is 472 g/mol. The zero-order valence-electron chi connectivity index (χ0n) is 19.2. The molecule has 2 aromatic rings. The van der Waals surface area contributed by atoms with Gasteiger partial charge in [-0.2, -0.15) is 0 Å². The summed E-state index contributed by atoms with van der Waals surface area (Å²) in [5.74, 6) is -1.41. The molecule has 1 aliphatic rings. The van der Waals surface area contributed by atoms with Gasteiger partial charge in [0.1, 0.15) is 5.84 Å². The van der Waals surface area contributed by atoms with Crippen molar-refractivity contribution in [1.29, 1.82) is 0 Å². The molecular formula is C23H28N4O5S. The van der Waals surface area contributed by atoms with Crippen LogP contribution < -0.4 is 14.9 Å². The van der Waals surface area contributed by atoms with Gasteiger partial charge < -0.3 is 15.0 Å². The van der Waals surface area contributed by atoms with Gasteiger partial charge in [-0.3, -0.25) is 14.5 Å². The van der Waals surface area contributed by atoms with E-state index in [2.05, 4.69) is 15.0 Å². The SMILES string of the molecule is CC(C)[C@H](N=C1NS(=O)(=O)c2ccccc21)C(=O)O[C@H](C)C(=O)Nc1ccc(N(C)C)cc1. The predicted molar refractivity (Wildman–Crippen MR) is 127 cm³/mol. The number of rotatable bonds is 7. The number of amidine groups is 1. The van der Waals surface area contributed by atoms with Crippen LogP contribution in [0.3, 0.4) is 0 Å². The maximum Gasteiger partial charge on any atom is 0.331 e. The number of nitrogens with zero attached hydrogens (tertiary/aromatic N) is 2. The van der Waals surface area contributed by atoms with E-state index in [0.717, 1.165) is 5.69 Å². The first-order chi connectivity index (χ1) is 15.5. The highest BCUT2D eigenvalue weighted by molar-refractivity contribution is 7.90. The van der Waals surface area contributed by atoms with Gasteiger partial charge in [0.2, 0.25) is 0 Å². The molecular weight excluding hydrogens is 444 g/mol. The van der Waals surface area contributed by atoms with Crippen molar-refractivity contribution in [2.45, 2.75) is 37.8 Å². The summed E-state index contributed by atoms with van der Waals surface area (Å²) < 4.78 is 32.4. The molecule has 2 aromatic carbocycles. The summed E-state index contributed by atoms with van der Waals surface area (Å²) in [5, 5.41) is 2.72. The molecule has 0 radical (unpaired) electrons. The minimum Gasteiger partial charge on any atom is -0.451 e. The Kier molecular flexibility index (Phi) is 7.06. The standard InChI is InChI=1S/C23H28N4O5S/c1-14(2)20(25-21-18-8-6-7-9-19(18)33(30,31)26-21)23(29)32-15(3)22(28)24-16-10-12-17(13-11-16)27(4)5/h6-15,20H,1-5H3,(H,24,28)(H,25,26)/t15-,20+/m1/s1. The summed E-state index contributed by atoms with van der Waals surface area (Å²) in [7, 11) is 0.0993. The van der Waals surface area contributed by atoms with Crippen LogP contribution in [0, 0.1) is 5.92 Å². The summed E-state index contributed by atoms with van der Waals surface area (Å²) in [4.78, 5) is 31.8. The van der Waals surface area contributed by atoms with E-state index in [1.165, 1.54) is 13.0 Å². The van der Waals surface area contributed by atoms with E-state index in [4.69, 9.17) is 4.74 Å². The lowest BCUT2D eigenvalue weighted by Crippen LogP contribution is -2.37. The van der Waals surface area contributed by atoms with Crippen molar-refractivity contribution in [3.8, 4) is 0 Å². The molecule has 0 fully saturated rings. The Balaban J connectivity index is 1.72. The molecule has 0 spiro atoms. The van der Waals surface area contributed by atoms with Crippen molar-refractivity contribution in [3.05, 3.63) is 54.1 Å². The molecule has 3 rings (SSSR count). The Hall–Kier alpha value is -3.40. The number of fused-ring (bicyclic) bond motifs is 1. The summed E-state index contributed by atoms with van der Waals surface area (Å²) in [6.07, 6.45) is -1.07. The van der Waals surface area contributed by atoms with E-state index in [1.54, 1.807) is 44.2 Å². The highest BCUT2D eigenvalue weighted by atomic mass is 32.2. The van der Waals surface area contributed by atoms with Crippen molar-refractivity contribution in [3.63, 3.8) is 0 Å². The largest absolute Gasteiger partial charge is 0.451 e.